The highest BCUT2D eigenvalue weighted by molar-refractivity contribution is 8.00. The lowest BCUT2D eigenvalue weighted by atomic mass is 9.70. The van der Waals surface area contributed by atoms with E-state index in [-0.39, 0.29) is 17.0 Å². The number of allylic oxidation sites excluding steroid dienone is 2. The topological polar surface area (TPSA) is 54.4 Å². The largest absolute Gasteiger partial charge is 0.481 e. The SMILES string of the molecule is CCCC12CCC(=O)C=C1c1c(cc(SCC(=O)O)c(Cl)c1Cl)C2. The third-order valence-corrected chi connectivity index (χ3v) is 6.86. The van der Waals surface area contributed by atoms with E-state index in [1.807, 2.05) is 6.07 Å². The second kappa shape index (κ2) is 6.74. The second-order valence-electron chi connectivity index (χ2n) is 6.45. The van der Waals surface area contributed by atoms with Crippen molar-refractivity contribution < 1.29 is 14.7 Å². The molecule has 0 aromatic heterocycles. The summed E-state index contributed by atoms with van der Waals surface area (Å²) in [6.07, 6.45) is 6.04. The maximum atomic E-state index is 12.0. The Morgan fingerprint density at radius 2 is 2.12 bits per heavy atom. The number of fused-ring (bicyclic) bond motifs is 3. The van der Waals surface area contributed by atoms with E-state index in [0.29, 0.717) is 21.4 Å². The second-order valence-corrected chi connectivity index (χ2v) is 8.22. The molecule has 0 heterocycles. The van der Waals surface area contributed by atoms with E-state index in [2.05, 4.69) is 6.92 Å². The van der Waals surface area contributed by atoms with Crippen molar-refractivity contribution in [3.63, 3.8) is 0 Å². The van der Waals surface area contributed by atoms with Crippen LogP contribution in [0.4, 0.5) is 0 Å². The summed E-state index contributed by atoms with van der Waals surface area (Å²) in [5, 5.41) is 9.72. The molecule has 24 heavy (non-hydrogen) atoms. The molecule has 0 radical (unpaired) electrons. The van der Waals surface area contributed by atoms with Gasteiger partial charge in [0.2, 0.25) is 0 Å². The molecule has 3 nitrogen and oxygen atoms in total. The number of carbonyl (C=O) groups is 2. The number of thioether (sulfide) groups is 1. The maximum absolute atomic E-state index is 12.0. The van der Waals surface area contributed by atoms with Crippen LogP contribution in [0.1, 0.15) is 43.7 Å². The first kappa shape index (κ1) is 17.8. The molecule has 0 fully saturated rings. The summed E-state index contributed by atoms with van der Waals surface area (Å²) in [5.41, 5.74) is 2.96. The van der Waals surface area contributed by atoms with E-state index in [1.54, 1.807) is 6.08 Å². The number of hydrogen-bond donors (Lipinski definition) is 1. The molecule has 1 aromatic rings. The highest BCUT2D eigenvalue weighted by Crippen LogP contribution is 2.57. The number of carboxylic acids is 1. The first-order valence-electron chi connectivity index (χ1n) is 7.99. The normalized spacial score (nSPS) is 22.1. The molecule has 0 aliphatic heterocycles. The summed E-state index contributed by atoms with van der Waals surface area (Å²) in [5.74, 6) is -0.811. The highest BCUT2D eigenvalue weighted by Gasteiger charge is 2.45. The van der Waals surface area contributed by atoms with Gasteiger partial charge in [-0.1, -0.05) is 36.5 Å². The van der Waals surface area contributed by atoms with Crippen molar-refractivity contribution in [1.82, 2.24) is 0 Å². The van der Waals surface area contributed by atoms with Gasteiger partial charge < -0.3 is 5.11 Å². The van der Waals surface area contributed by atoms with Crippen LogP contribution in [-0.4, -0.2) is 22.6 Å². The molecule has 1 N–H and O–H groups in total. The molecule has 1 aromatic carbocycles. The molecule has 0 amide bonds. The molecule has 6 heteroatoms. The van der Waals surface area contributed by atoms with Crippen LogP contribution in [0.2, 0.25) is 10.0 Å². The highest BCUT2D eigenvalue weighted by atomic mass is 35.5. The molecular weight excluding hydrogens is 367 g/mol. The third kappa shape index (κ3) is 3.00. The van der Waals surface area contributed by atoms with E-state index >= 15 is 0 Å². The van der Waals surface area contributed by atoms with Crippen LogP contribution in [-0.2, 0) is 16.0 Å². The van der Waals surface area contributed by atoms with Crippen LogP contribution in [0, 0.1) is 5.41 Å². The predicted octanol–water partition coefficient (Wildman–Crippen LogP) is 5.26. The zero-order valence-corrected chi connectivity index (χ0v) is 15.7. The number of rotatable bonds is 5. The Bertz CT molecular complexity index is 757. The van der Waals surface area contributed by atoms with Crippen molar-refractivity contribution >= 4 is 52.3 Å². The van der Waals surface area contributed by atoms with Gasteiger partial charge in [0.25, 0.3) is 0 Å². The lowest BCUT2D eigenvalue weighted by Gasteiger charge is -2.33. The maximum Gasteiger partial charge on any atom is 0.313 e. The molecule has 0 saturated carbocycles. The Hall–Kier alpha value is -0.970. The zero-order chi connectivity index (χ0) is 17.5. The number of carboxylic acid groups (broad SMARTS) is 1. The summed E-state index contributed by atoms with van der Waals surface area (Å²) >= 11 is 14.1. The fourth-order valence-corrected chi connectivity index (χ4v) is 5.35. The van der Waals surface area contributed by atoms with Gasteiger partial charge in [-0.15, -0.1) is 11.8 Å². The molecule has 1 atom stereocenters. The van der Waals surface area contributed by atoms with Gasteiger partial charge in [0, 0.05) is 22.3 Å². The van der Waals surface area contributed by atoms with Gasteiger partial charge in [-0.2, -0.15) is 0 Å². The average molecular weight is 385 g/mol. The van der Waals surface area contributed by atoms with Gasteiger partial charge in [0.1, 0.15) is 0 Å². The van der Waals surface area contributed by atoms with E-state index in [0.717, 1.165) is 42.4 Å². The average Bonchev–Trinajstić information content (AvgIpc) is 2.83. The summed E-state index contributed by atoms with van der Waals surface area (Å²) < 4.78 is 0. The first-order chi connectivity index (χ1) is 11.4. The van der Waals surface area contributed by atoms with Crippen LogP contribution in [0.25, 0.3) is 5.57 Å². The fraction of sp³-hybridized carbons (Fsp3) is 0.444. The zero-order valence-electron chi connectivity index (χ0n) is 13.3. The minimum Gasteiger partial charge on any atom is -0.481 e. The number of hydrogen-bond acceptors (Lipinski definition) is 3. The Kier molecular flexibility index (Phi) is 5.01. The molecule has 128 valence electrons. The van der Waals surface area contributed by atoms with Crippen molar-refractivity contribution in [2.75, 3.05) is 5.75 Å². The Balaban J connectivity index is 2.09. The van der Waals surface area contributed by atoms with Gasteiger partial charge in [-0.3, -0.25) is 9.59 Å². The molecule has 3 rings (SSSR count). The lowest BCUT2D eigenvalue weighted by Crippen LogP contribution is -2.25. The van der Waals surface area contributed by atoms with Crippen LogP contribution >= 0.6 is 35.0 Å². The van der Waals surface area contributed by atoms with Crippen molar-refractivity contribution in [2.45, 2.75) is 43.9 Å². The van der Waals surface area contributed by atoms with E-state index in [1.165, 1.54) is 11.8 Å². The van der Waals surface area contributed by atoms with Crippen molar-refractivity contribution in [3.05, 3.63) is 33.3 Å². The summed E-state index contributed by atoms with van der Waals surface area (Å²) in [6, 6.07) is 1.96. The van der Waals surface area contributed by atoms with Crippen LogP contribution in [0.3, 0.4) is 0 Å². The van der Waals surface area contributed by atoms with Crippen molar-refractivity contribution in [3.8, 4) is 0 Å². The number of carbonyl (C=O) groups excluding carboxylic acids is 1. The Morgan fingerprint density at radius 1 is 1.38 bits per heavy atom. The standard InChI is InChI=1S/C18H18Cl2O3S/c1-2-4-18-5-3-11(21)7-12(18)15-10(8-18)6-13(16(19)17(15)20)24-9-14(22)23/h6-7H,2-5,8-9H2,1H3,(H,22,23). The fourth-order valence-electron chi connectivity index (χ4n) is 3.92. The molecule has 1 unspecified atom stereocenters. The summed E-state index contributed by atoms with van der Waals surface area (Å²) in [7, 11) is 0. The van der Waals surface area contributed by atoms with Crippen LogP contribution in [0.5, 0.6) is 0 Å². The van der Waals surface area contributed by atoms with Gasteiger partial charge in [-0.25, -0.2) is 0 Å². The number of ketones is 1. The first-order valence-corrected chi connectivity index (χ1v) is 9.73. The summed E-state index contributed by atoms with van der Waals surface area (Å²) in [6.45, 7) is 2.15. The minimum absolute atomic E-state index is 0.0337. The van der Waals surface area contributed by atoms with Gasteiger partial charge in [-0.05, 0) is 42.5 Å². The summed E-state index contributed by atoms with van der Waals surface area (Å²) in [4.78, 5) is 23.5. The van der Waals surface area contributed by atoms with Crippen LogP contribution < -0.4 is 0 Å². The van der Waals surface area contributed by atoms with Crippen molar-refractivity contribution in [2.24, 2.45) is 5.41 Å². The number of benzene rings is 1. The molecular formula is C18H18Cl2O3S. The van der Waals surface area contributed by atoms with E-state index < -0.39 is 5.97 Å². The molecule has 2 aliphatic carbocycles. The third-order valence-electron chi connectivity index (χ3n) is 4.86. The minimum atomic E-state index is -0.892. The molecule has 0 bridgehead atoms. The van der Waals surface area contributed by atoms with Gasteiger partial charge >= 0.3 is 5.97 Å². The Labute approximate surface area is 155 Å². The van der Waals surface area contributed by atoms with E-state index in [4.69, 9.17) is 28.3 Å². The number of halogens is 2. The predicted molar refractivity (Wildman–Crippen MR) is 98.1 cm³/mol. The van der Waals surface area contributed by atoms with Crippen LogP contribution in [0.15, 0.2) is 17.0 Å². The molecule has 2 aliphatic rings. The smallest absolute Gasteiger partial charge is 0.313 e. The Morgan fingerprint density at radius 3 is 2.79 bits per heavy atom. The quantitative estimate of drug-likeness (QED) is 0.703. The van der Waals surface area contributed by atoms with Gasteiger partial charge in [0.05, 0.1) is 15.8 Å². The lowest BCUT2D eigenvalue weighted by molar-refractivity contribution is -0.133. The van der Waals surface area contributed by atoms with E-state index in [9.17, 15) is 9.59 Å². The molecule has 0 saturated heterocycles. The molecule has 0 spiro atoms. The number of aliphatic carboxylic acids is 1. The monoisotopic (exact) mass is 384 g/mol. The van der Waals surface area contributed by atoms with Gasteiger partial charge in [0.15, 0.2) is 5.78 Å². The van der Waals surface area contributed by atoms with Crippen molar-refractivity contribution in [1.29, 1.82) is 0 Å².